The smallest absolute Gasteiger partial charge is 0.416 e. The molecule has 0 N–H and O–H groups in total. The summed E-state index contributed by atoms with van der Waals surface area (Å²) in [6.45, 7) is 7.41. The van der Waals surface area contributed by atoms with E-state index in [9.17, 15) is 13.2 Å². The van der Waals surface area contributed by atoms with Gasteiger partial charge >= 0.3 is 6.18 Å². The van der Waals surface area contributed by atoms with Crippen LogP contribution in [-0.4, -0.2) is 25.1 Å². The minimum atomic E-state index is -4.29. The lowest BCUT2D eigenvalue weighted by Crippen LogP contribution is -2.17. The van der Waals surface area contributed by atoms with Crippen LogP contribution >= 0.6 is 11.8 Å². The standard InChI is InChI=1S/C23H29F3O2S/c1-4-14-28-22-13-12-21(15-17(22)3)29-16-20(27-5-2)11-8-18-6-9-19(10-7-18)23(24,25)26/h6-7,9-10,12-13,15,20H,4-5,8,11,14,16H2,1-3H3. The van der Waals surface area contributed by atoms with Crippen molar-refractivity contribution in [1.82, 2.24) is 0 Å². The Morgan fingerprint density at radius 2 is 1.76 bits per heavy atom. The molecule has 6 heteroatoms. The normalized spacial score (nSPS) is 12.8. The highest BCUT2D eigenvalue weighted by atomic mass is 32.2. The average Bonchev–Trinajstić information content (AvgIpc) is 2.69. The lowest BCUT2D eigenvalue weighted by atomic mass is 10.1. The maximum absolute atomic E-state index is 12.7. The molecule has 0 bridgehead atoms. The number of hydrogen-bond donors (Lipinski definition) is 0. The molecule has 1 atom stereocenters. The molecule has 0 radical (unpaired) electrons. The van der Waals surface area contributed by atoms with Gasteiger partial charge in [-0.2, -0.15) is 13.2 Å². The number of thioether (sulfide) groups is 1. The molecule has 0 saturated carbocycles. The van der Waals surface area contributed by atoms with E-state index in [4.69, 9.17) is 9.47 Å². The quantitative estimate of drug-likeness (QED) is 0.363. The lowest BCUT2D eigenvalue weighted by molar-refractivity contribution is -0.137. The van der Waals surface area contributed by atoms with E-state index < -0.39 is 11.7 Å². The zero-order valence-corrected chi connectivity index (χ0v) is 18.0. The second-order valence-corrected chi connectivity index (χ2v) is 7.99. The van der Waals surface area contributed by atoms with E-state index in [2.05, 4.69) is 19.1 Å². The summed E-state index contributed by atoms with van der Waals surface area (Å²) in [6, 6.07) is 11.6. The molecule has 0 aliphatic carbocycles. The second kappa shape index (κ2) is 11.5. The van der Waals surface area contributed by atoms with Crippen molar-refractivity contribution in [1.29, 1.82) is 0 Å². The van der Waals surface area contributed by atoms with Crippen molar-refractivity contribution in [2.45, 2.75) is 57.2 Å². The number of alkyl halides is 3. The fraction of sp³-hybridized carbons (Fsp3) is 0.478. The van der Waals surface area contributed by atoms with Gasteiger partial charge in [-0.25, -0.2) is 0 Å². The molecule has 2 nitrogen and oxygen atoms in total. The third kappa shape index (κ3) is 7.94. The van der Waals surface area contributed by atoms with Gasteiger partial charge in [0.25, 0.3) is 0 Å². The van der Waals surface area contributed by atoms with Crippen LogP contribution in [0.2, 0.25) is 0 Å². The molecule has 0 amide bonds. The van der Waals surface area contributed by atoms with Crippen LogP contribution in [0.15, 0.2) is 47.4 Å². The van der Waals surface area contributed by atoms with Gasteiger partial charge < -0.3 is 9.47 Å². The lowest BCUT2D eigenvalue weighted by Gasteiger charge is -2.17. The molecule has 0 fully saturated rings. The first-order chi connectivity index (χ1) is 13.8. The van der Waals surface area contributed by atoms with Gasteiger partial charge in [0.1, 0.15) is 5.75 Å². The third-order valence-corrected chi connectivity index (χ3v) is 5.61. The number of halogens is 3. The summed E-state index contributed by atoms with van der Waals surface area (Å²) in [6.07, 6.45) is -1.82. The maximum Gasteiger partial charge on any atom is 0.416 e. The van der Waals surface area contributed by atoms with Crippen LogP contribution < -0.4 is 4.74 Å². The topological polar surface area (TPSA) is 18.5 Å². The number of hydrogen-bond acceptors (Lipinski definition) is 3. The van der Waals surface area contributed by atoms with Crippen LogP contribution in [0.5, 0.6) is 5.75 Å². The van der Waals surface area contributed by atoms with E-state index in [0.717, 1.165) is 52.5 Å². The van der Waals surface area contributed by atoms with Gasteiger partial charge in [-0.15, -0.1) is 11.8 Å². The first-order valence-corrected chi connectivity index (χ1v) is 11.0. The highest BCUT2D eigenvalue weighted by molar-refractivity contribution is 7.99. The largest absolute Gasteiger partial charge is 0.493 e. The van der Waals surface area contributed by atoms with Crippen LogP contribution in [0.1, 0.15) is 43.4 Å². The van der Waals surface area contributed by atoms with Crippen LogP contribution in [-0.2, 0) is 17.3 Å². The van der Waals surface area contributed by atoms with Gasteiger partial charge in [-0.05, 0) is 74.6 Å². The Bertz CT molecular complexity index is 745. The van der Waals surface area contributed by atoms with Gasteiger partial charge in [-0.1, -0.05) is 19.1 Å². The van der Waals surface area contributed by atoms with Crippen LogP contribution in [0.25, 0.3) is 0 Å². The molecule has 0 heterocycles. The molecule has 0 aliphatic heterocycles. The maximum atomic E-state index is 12.7. The van der Waals surface area contributed by atoms with Gasteiger partial charge in [0.05, 0.1) is 18.3 Å². The summed E-state index contributed by atoms with van der Waals surface area (Å²) in [7, 11) is 0. The molecular weight excluding hydrogens is 397 g/mol. The van der Waals surface area contributed by atoms with E-state index in [0.29, 0.717) is 19.6 Å². The second-order valence-electron chi connectivity index (χ2n) is 6.90. The highest BCUT2D eigenvalue weighted by Crippen LogP contribution is 2.30. The molecule has 2 rings (SSSR count). The molecular formula is C23H29F3O2S. The minimum absolute atomic E-state index is 0.0450. The van der Waals surface area contributed by atoms with Crippen molar-refractivity contribution in [3.05, 3.63) is 59.2 Å². The molecule has 0 aromatic heterocycles. The number of ether oxygens (including phenoxy) is 2. The van der Waals surface area contributed by atoms with E-state index >= 15 is 0 Å². The summed E-state index contributed by atoms with van der Waals surface area (Å²) >= 11 is 1.73. The summed E-state index contributed by atoms with van der Waals surface area (Å²) in [5, 5.41) is 0. The molecule has 2 aromatic carbocycles. The van der Waals surface area contributed by atoms with Gasteiger partial charge in [0, 0.05) is 17.3 Å². The summed E-state index contributed by atoms with van der Waals surface area (Å²) in [5.74, 6) is 1.71. The Morgan fingerprint density at radius 3 is 2.34 bits per heavy atom. The Balaban J connectivity index is 1.89. The van der Waals surface area contributed by atoms with E-state index in [1.807, 2.05) is 19.9 Å². The van der Waals surface area contributed by atoms with Gasteiger partial charge in [0.15, 0.2) is 0 Å². The first-order valence-electron chi connectivity index (χ1n) is 9.97. The van der Waals surface area contributed by atoms with Crippen molar-refractivity contribution in [2.24, 2.45) is 0 Å². The van der Waals surface area contributed by atoms with Crippen LogP contribution in [0.3, 0.4) is 0 Å². The summed E-state index contributed by atoms with van der Waals surface area (Å²) in [5.41, 5.74) is 1.39. The van der Waals surface area contributed by atoms with Crippen molar-refractivity contribution in [2.75, 3.05) is 19.0 Å². The average molecular weight is 427 g/mol. The minimum Gasteiger partial charge on any atom is -0.493 e. The third-order valence-electron chi connectivity index (χ3n) is 4.48. The first kappa shape index (κ1) is 23.6. The van der Waals surface area contributed by atoms with Gasteiger partial charge in [0.2, 0.25) is 0 Å². The predicted molar refractivity (Wildman–Crippen MR) is 113 cm³/mol. The molecule has 1 unspecified atom stereocenters. The van der Waals surface area contributed by atoms with E-state index in [1.165, 1.54) is 0 Å². The molecule has 0 spiro atoms. The fourth-order valence-electron chi connectivity index (χ4n) is 2.91. The SMILES string of the molecule is CCCOc1ccc(SCC(CCc2ccc(C(F)(F)F)cc2)OCC)cc1C. The zero-order valence-electron chi connectivity index (χ0n) is 17.2. The Hall–Kier alpha value is -1.66. The monoisotopic (exact) mass is 426 g/mol. The van der Waals surface area contributed by atoms with Gasteiger partial charge in [-0.3, -0.25) is 0 Å². The molecule has 29 heavy (non-hydrogen) atoms. The predicted octanol–water partition coefficient (Wildman–Crippen LogP) is 6.93. The van der Waals surface area contributed by atoms with Crippen molar-refractivity contribution >= 4 is 11.8 Å². The molecule has 0 saturated heterocycles. The fourth-order valence-corrected chi connectivity index (χ4v) is 3.98. The molecule has 2 aromatic rings. The molecule has 0 aliphatic rings. The Morgan fingerprint density at radius 1 is 1.03 bits per heavy atom. The Labute approximate surface area is 175 Å². The summed E-state index contributed by atoms with van der Waals surface area (Å²) in [4.78, 5) is 1.16. The zero-order chi connectivity index (χ0) is 21.3. The summed E-state index contributed by atoms with van der Waals surface area (Å²) < 4.78 is 49.6. The highest BCUT2D eigenvalue weighted by Gasteiger charge is 2.29. The van der Waals surface area contributed by atoms with Crippen LogP contribution in [0, 0.1) is 6.92 Å². The van der Waals surface area contributed by atoms with E-state index in [1.54, 1.807) is 23.9 Å². The van der Waals surface area contributed by atoms with Crippen molar-refractivity contribution < 1.29 is 22.6 Å². The number of aryl methyl sites for hydroxylation is 2. The van der Waals surface area contributed by atoms with Crippen molar-refractivity contribution in [3.63, 3.8) is 0 Å². The number of rotatable bonds is 11. The molecule has 160 valence electrons. The Kier molecular flexibility index (Phi) is 9.37. The van der Waals surface area contributed by atoms with E-state index in [-0.39, 0.29) is 6.10 Å². The van der Waals surface area contributed by atoms with Crippen LogP contribution in [0.4, 0.5) is 13.2 Å². The van der Waals surface area contributed by atoms with Crippen molar-refractivity contribution in [3.8, 4) is 5.75 Å². The number of benzene rings is 2.